The van der Waals surface area contributed by atoms with Gasteiger partial charge in [0.2, 0.25) is 0 Å². The Kier molecular flexibility index (Phi) is 4.80. The van der Waals surface area contributed by atoms with Crippen LogP contribution in [0.2, 0.25) is 0 Å². The molecule has 2 heterocycles. The molecular weight excluding hydrogens is 301 g/mol. The molecule has 0 spiro atoms. The number of hydrogen-bond donors (Lipinski definition) is 1. The van der Waals surface area contributed by atoms with Gasteiger partial charge >= 0.3 is 0 Å². The van der Waals surface area contributed by atoms with E-state index < -0.39 is 0 Å². The number of likely N-dealkylation sites (tertiary alicyclic amines) is 1. The van der Waals surface area contributed by atoms with Crippen LogP contribution in [0.5, 0.6) is 0 Å². The Morgan fingerprint density at radius 1 is 1.32 bits per heavy atom. The van der Waals surface area contributed by atoms with Crippen LogP contribution in [-0.4, -0.2) is 34.9 Å². The molecule has 6 heteroatoms. The van der Waals surface area contributed by atoms with Crippen molar-refractivity contribution in [2.24, 2.45) is 0 Å². The largest absolute Gasteiger partial charge is 0.349 e. The molecule has 0 atom stereocenters. The van der Waals surface area contributed by atoms with Crippen LogP contribution in [0.4, 0.5) is 4.39 Å². The van der Waals surface area contributed by atoms with Crippen molar-refractivity contribution in [1.82, 2.24) is 15.2 Å². The second kappa shape index (κ2) is 6.98. The zero-order valence-electron chi connectivity index (χ0n) is 12.2. The highest BCUT2D eigenvalue weighted by atomic mass is 32.1. The summed E-state index contributed by atoms with van der Waals surface area (Å²) in [6.07, 6.45) is 3.78. The first kappa shape index (κ1) is 15.1. The average molecular weight is 319 g/mol. The van der Waals surface area contributed by atoms with Crippen LogP contribution >= 0.6 is 11.3 Å². The highest BCUT2D eigenvalue weighted by molar-refractivity contribution is 7.09. The van der Waals surface area contributed by atoms with Gasteiger partial charge in [-0.25, -0.2) is 4.39 Å². The van der Waals surface area contributed by atoms with Gasteiger partial charge in [-0.3, -0.25) is 14.7 Å². The van der Waals surface area contributed by atoms with Crippen LogP contribution in [0.3, 0.4) is 0 Å². The monoisotopic (exact) mass is 319 g/mol. The van der Waals surface area contributed by atoms with Crippen molar-refractivity contribution in [2.75, 3.05) is 13.1 Å². The van der Waals surface area contributed by atoms with Gasteiger partial charge in [-0.2, -0.15) is 0 Å². The number of carbonyl (C=O) groups excluding carboxylic acids is 1. The van der Waals surface area contributed by atoms with Gasteiger partial charge in [-0.1, -0.05) is 0 Å². The van der Waals surface area contributed by atoms with Crippen molar-refractivity contribution >= 4 is 17.2 Å². The van der Waals surface area contributed by atoms with Gasteiger partial charge in [0.05, 0.1) is 5.51 Å². The van der Waals surface area contributed by atoms with Crippen molar-refractivity contribution in [1.29, 1.82) is 0 Å². The number of halogens is 1. The summed E-state index contributed by atoms with van der Waals surface area (Å²) in [5.41, 5.74) is 2.36. The first-order valence-corrected chi connectivity index (χ1v) is 8.25. The molecule has 1 N–H and O–H groups in total. The second-order valence-corrected chi connectivity index (χ2v) is 6.47. The fraction of sp³-hybridized carbons (Fsp3) is 0.375. The minimum atomic E-state index is -0.326. The molecule has 4 nitrogen and oxygen atoms in total. The summed E-state index contributed by atoms with van der Waals surface area (Å²) in [5.74, 6) is -0.450. The lowest BCUT2D eigenvalue weighted by atomic mass is 10.0. The number of benzene rings is 1. The number of nitrogens with zero attached hydrogens (tertiary/aromatic N) is 2. The Balaban J connectivity index is 1.47. The third kappa shape index (κ3) is 3.90. The second-order valence-electron chi connectivity index (χ2n) is 5.50. The molecule has 1 aromatic heterocycles. The van der Waals surface area contributed by atoms with E-state index in [1.54, 1.807) is 11.3 Å². The van der Waals surface area contributed by atoms with Gasteiger partial charge in [-0.15, -0.1) is 11.3 Å². The first-order chi connectivity index (χ1) is 10.7. The van der Waals surface area contributed by atoms with E-state index in [1.807, 2.05) is 11.7 Å². The van der Waals surface area contributed by atoms with Crippen molar-refractivity contribution in [3.05, 3.63) is 52.2 Å². The number of thiazole rings is 1. The molecule has 0 saturated carbocycles. The predicted molar refractivity (Wildman–Crippen MR) is 84.3 cm³/mol. The van der Waals surface area contributed by atoms with Crippen molar-refractivity contribution in [2.45, 2.75) is 25.4 Å². The smallest absolute Gasteiger partial charge is 0.251 e. The van der Waals surface area contributed by atoms with Crippen molar-refractivity contribution in [3.63, 3.8) is 0 Å². The van der Waals surface area contributed by atoms with Gasteiger partial charge in [0.25, 0.3) is 5.91 Å². The molecule has 1 amide bonds. The number of piperidine rings is 1. The van der Waals surface area contributed by atoms with Gasteiger partial charge in [-0.05, 0) is 37.1 Å². The summed E-state index contributed by atoms with van der Waals surface area (Å²) in [4.78, 5) is 19.9. The van der Waals surface area contributed by atoms with Gasteiger partial charge in [0.1, 0.15) is 5.82 Å². The Morgan fingerprint density at radius 3 is 2.68 bits per heavy atom. The summed E-state index contributed by atoms with van der Waals surface area (Å²) < 4.78 is 12.9. The zero-order valence-corrected chi connectivity index (χ0v) is 13.0. The van der Waals surface area contributed by atoms with E-state index in [0.717, 1.165) is 32.5 Å². The number of rotatable bonds is 4. The number of amides is 1. The van der Waals surface area contributed by atoms with E-state index in [2.05, 4.69) is 15.2 Å². The Morgan fingerprint density at radius 2 is 2.05 bits per heavy atom. The van der Waals surface area contributed by atoms with Crippen LogP contribution in [0, 0.1) is 5.82 Å². The lowest BCUT2D eigenvalue weighted by Crippen LogP contribution is -2.44. The molecule has 1 aromatic carbocycles. The SMILES string of the molecule is O=C(NC1CCN(Cc2cncs2)CC1)c1ccc(F)cc1. The lowest BCUT2D eigenvalue weighted by Gasteiger charge is -2.31. The lowest BCUT2D eigenvalue weighted by molar-refractivity contribution is 0.0909. The van der Waals surface area contributed by atoms with Crippen LogP contribution in [0.15, 0.2) is 36.0 Å². The highest BCUT2D eigenvalue weighted by Crippen LogP contribution is 2.16. The van der Waals surface area contributed by atoms with E-state index in [1.165, 1.54) is 29.1 Å². The van der Waals surface area contributed by atoms with Crippen molar-refractivity contribution in [3.8, 4) is 0 Å². The predicted octanol–water partition coefficient (Wildman–Crippen LogP) is 2.68. The van der Waals surface area contributed by atoms with E-state index in [4.69, 9.17) is 0 Å². The minimum Gasteiger partial charge on any atom is -0.349 e. The summed E-state index contributed by atoms with van der Waals surface area (Å²) in [7, 11) is 0. The quantitative estimate of drug-likeness (QED) is 0.942. The molecule has 0 radical (unpaired) electrons. The van der Waals surface area contributed by atoms with E-state index in [9.17, 15) is 9.18 Å². The topological polar surface area (TPSA) is 45.2 Å². The van der Waals surface area contributed by atoms with E-state index >= 15 is 0 Å². The van der Waals surface area contributed by atoms with Gasteiger partial charge in [0, 0.05) is 42.3 Å². The molecule has 0 aliphatic carbocycles. The molecule has 22 heavy (non-hydrogen) atoms. The Hall–Kier alpha value is -1.79. The summed E-state index contributed by atoms with van der Waals surface area (Å²) >= 11 is 1.67. The molecular formula is C16H18FN3OS. The Labute approximate surface area is 133 Å². The van der Waals surface area contributed by atoms with Crippen LogP contribution < -0.4 is 5.32 Å². The molecule has 1 aliphatic rings. The summed E-state index contributed by atoms with van der Waals surface area (Å²) in [6, 6.07) is 5.85. The third-order valence-corrected chi connectivity index (χ3v) is 4.66. The van der Waals surface area contributed by atoms with Crippen LogP contribution in [0.1, 0.15) is 28.1 Å². The maximum absolute atomic E-state index is 12.9. The normalized spacial score (nSPS) is 16.6. The average Bonchev–Trinajstić information content (AvgIpc) is 3.03. The fourth-order valence-electron chi connectivity index (χ4n) is 2.65. The molecule has 2 aromatic rings. The summed E-state index contributed by atoms with van der Waals surface area (Å²) in [6.45, 7) is 2.86. The minimum absolute atomic E-state index is 0.124. The van der Waals surface area contributed by atoms with Crippen LogP contribution in [0.25, 0.3) is 0 Å². The molecule has 3 rings (SSSR count). The molecule has 0 bridgehead atoms. The highest BCUT2D eigenvalue weighted by Gasteiger charge is 2.21. The molecule has 1 saturated heterocycles. The molecule has 1 fully saturated rings. The first-order valence-electron chi connectivity index (χ1n) is 7.37. The number of hydrogen-bond acceptors (Lipinski definition) is 4. The third-order valence-electron chi connectivity index (χ3n) is 3.89. The number of carbonyl (C=O) groups is 1. The summed E-state index contributed by atoms with van der Waals surface area (Å²) in [5, 5.41) is 3.04. The van der Waals surface area contributed by atoms with E-state index in [0.29, 0.717) is 5.56 Å². The maximum Gasteiger partial charge on any atom is 0.251 e. The zero-order chi connectivity index (χ0) is 15.4. The van der Waals surface area contributed by atoms with Crippen LogP contribution in [-0.2, 0) is 6.54 Å². The molecule has 0 unspecified atom stereocenters. The van der Waals surface area contributed by atoms with Crippen molar-refractivity contribution < 1.29 is 9.18 Å². The van der Waals surface area contributed by atoms with Gasteiger partial charge in [0.15, 0.2) is 0 Å². The van der Waals surface area contributed by atoms with E-state index in [-0.39, 0.29) is 17.8 Å². The molecule has 1 aliphatic heterocycles. The number of nitrogens with one attached hydrogen (secondary N) is 1. The number of aromatic nitrogens is 1. The molecule has 116 valence electrons. The maximum atomic E-state index is 12.9. The Bertz CT molecular complexity index is 607. The van der Waals surface area contributed by atoms with Gasteiger partial charge < -0.3 is 5.32 Å². The fourth-order valence-corrected chi connectivity index (χ4v) is 3.28. The standard InChI is InChI=1S/C16H18FN3OS/c17-13-3-1-12(2-4-13)16(21)19-14-5-7-20(8-6-14)10-15-9-18-11-22-15/h1-4,9,11,14H,5-8,10H2,(H,19,21).